The molecule has 0 aromatic carbocycles. The predicted molar refractivity (Wildman–Crippen MR) is 95.9 cm³/mol. The van der Waals surface area contributed by atoms with E-state index in [2.05, 4.69) is 13.8 Å². The molecule has 0 amide bonds. The predicted octanol–water partition coefficient (Wildman–Crippen LogP) is 4.91. The molecule has 0 saturated carbocycles. The topological polar surface area (TPSA) is 36.9 Å². The van der Waals surface area contributed by atoms with Crippen LogP contribution >= 0.6 is 0 Å². The summed E-state index contributed by atoms with van der Waals surface area (Å²) in [6.45, 7) is 7.85. The van der Waals surface area contributed by atoms with Gasteiger partial charge in [-0.1, -0.05) is 46.0 Å². The second-order valence-electron chi connectivity index (χ2n) is 7.49. The van der Waals surface area contributed by atoms with Gasteiger partial charge in [0.1, 0.15) is 0 Å². The zero-order chi connectivity index (χ0) is 17.0. The summed E-state index contributed by atoms with van der Waals surface area (Å²) in [6.07, 6.45) is 11.9. The van der Waals surface area contributed by atoms with Crippen molar-refractivity contribution in [3.63, 3.8) is 0 Å². The highest BCUT2D eigenvalue weighted by Gasteiger charge is 2.25. The first kappa shape index (κ1) is 20.2. The van der Waals surface area contributed by atoms with E-state index in [0.29, 0.717) is 11.8 Å². The van der Waals surface area contributed by atoms with E-state index in [1.807, 2.05) is 0 Å². The fourth-order valence-electron chi connectivity index (χ4n) is 3.45. The van der Waals surface area contributed by atoms with E-state index in [1.54, 1.807) is 0 Å². The molecule has 0 aromatic rings. The van der Waals surface area contributed by atoms with Crippen LogP contribution in [0.15, 0.2) is 0 Å². The zero-order valence-electron chi connectivity index (χ0n) is 15.8. The van der Waals surface area contributed by atoms with Gasteiger partial charge in [-0.05, 0) is 32.1 Å². The maximum absolute atomic E-state index is 5.90. The normalized spacial score (nSPS) is 31.2. The Morgan fingerprint density at radius 1 is 0.542 bits per heavy atom. The molecule has 0 aromatic heterocycles. The molecule has 4 heteroatoms. The molecule has 2 aliphatic rings. The maximum atomic E-state index is 5.90. The summed E-state index contributed by atoms with van der Waals surface area (Å²) < 4.78 is 23.5. The van der Waals surface area contributed by atoms with Crippen molar-refractivity contribution in [2.45, 2.75) is 90.6 Å². The van der Waals surface area contributed by atoms with Crippen LogP contribution in [0, 0.1) is 11.8 Å². The van der Waals surface area contributed by atoms with E-state index in [1.165, 1.54) is 44.9 Å². The molecule has 0 unspecified atom stereocenters. The van der Waals surface area contributed by atoms with Crippen molar-refractivity contribution in [2.75, 3.05) is 26.4 Å². The van der Waals surface area contributed by atoms with E-state index in [9.17, 15) is 0 Å². The van der Waals surface area contributed by atoms with Crippen molar-refractivity contribution in [3.05, 3.63) is 0 Å². The fourth-order valence-corrected chi connectivity index (χ4v) is 3.45. The lowest BCUT2D eigenvalue weighted by Crippen LogP contribution is -2.35. The Labute approximate surface area is 148 Å². The highest BCUT2D eigenvalue weighted by molar-refractivity contribution is 4.68. The van der Waals surface area contributed by atoms with Crippen molar-refractivity contribution < 1.29 is 18.9 Å². The van der Waals surface area contributed by atoms with Crippen LogP contribution in [0.5, 0.6) is 0 Å². The Morgan fingerprint density at radius 2 is 1.00 bits per heavy atom. The number of hydrogen-bond donors (Lipinski definition) is 0. The molecular weight excluding hydrogens is 304 g/mol. The Morgan fingerprint density at radius 3 is 1.54 bits per heavy atom. The quantitative estimate of drug-likeness (QED) is 0.500. The molecule has 4 nitrogen and oxygen atoms in total. The van der Waals surface area contributed by atoms with Gasteiger partial charge in [-0.25, -0.2) is 0 Å². The SMILES string of the molecule is CCCCCC1COC(CCC2COC(CCCCC)OC2)OC1. The minimum absolute atomic E-state index is 0.0188. The molecule has 0 spiro atoms. The summed E-state index contributed by atoms with van der Waals surface area (Å²) in [5.41, 5.74) is 0. The maximum Gasteiger partial charge on any atom is 0.157 e. The van der Waals surface area contributed by atoms with Gasteiger partial charge in [-0.2, -0.15) is 0 Å². The molecule has 2 saturated heterocycles. The van der Waals surface area contributed by atoms with Crippen molar-refractivity contribution in [3.8, 4) is 0 Å². The molecule has 2 aliphatic heterocycles. The number of ether oxygens (including phenoxy) is 4. The molecule has 24 heavy (non-hydrogen) atoms. The van der Waals surface area contributed by atoms with Crippen LogP contribution in [0.25, 0.3) is 0 Å². The average molecular weight is 343 g/mol. The van der Waals surface area contributed by atoms with Crippen LogP contribution in [0.2, 0.25) is 0 Å². The van der Waals surface area contributed by atoms with Gasteiger partial charge in [-0.3, -0.25) is 0 Å². The molecule has 142 valence electrons. The third-order valence-electron chi connectivity index (χ3n) is 5.14. The number of unbranched alkanes of at least 4 members (excludes halogenated alkanes) is 4. The van der Waals surface area contributed by atoms with Gasteiger partial charge in [-0.15, -0.1) is 0 Å². The van der Waals surface area contributed by atoms with Crippen LogP contribution in [0.1, 0.15) is 78.1 Å². The number of rotatable bonds is 11. The van der Waals surface area contributed by atoms with Crippen LogP contribution in [-0.2, 0) is 18.9 Å². The first-order valence-electron chi connectivity index (χ1n) is 10.3. The Hall–Kier alpha value is -0.160. The summed E-state index contributed by atoms with van der Waals surface area (Å²) in [4.78, 5) is 0. The third kappa shape index (κ3) is 7.81. The Balaban J connectivity index is 1.49. The van der Waals surface area contributed by atoms with Crippen molar-refractivity contribution in [2.24, 2.45) is 11.8 Å². The van der Waals surface area contributed by atoms with Crippen LogP contribution in [-0.4, -0.2) is 39.0 Å². The summed E-state index contributed by atoms with van der Waals surface area (Å²) in [6, 6.07) is 0. The highest BCUT2D eigenvalue weighted by Crippen LogP contribution is 2.24. The van der Waals surface area contributed by atoms with Crippen molar-refractivity contribution in [1.82, 2.24) is 0 Å². The van der Waals surface area contributed by atoms with E-state index < -0.39 is 0 Å². The largest absolute Gasteiger partial charge is 0.352 e. The third-order valence-corrected chi connectivity index (χ3v) is 5.14. The molecule has 0 atom stereocenters. The molecule has 0 radical (unpaired) electrons. The number of hydrogen-bond acceptors (Lipinski definition) is 4. The summed E-state index contributed by atoms with van der Waals surface area (Å²) >= 11 is 0. The molecular formula is C20H38O4. The fraction of sp³-hybridized carbons (Fsp3) is 1.00. The molecule has 2 fully saturated rings. The summed E-state index contributed by atoms with van der Waals surface area (Å²) in [5.74, 6) is 1.08. The van der Waals surface area contributed by atoms with Crippen LogP contribution in [0.4, 0.5) is 0 Å². The Kier molecular flexibility index (Phi) is 10.3. The van der Waals surface area contributed by atoms with Gasteiger partial charge in [0.25, 0.3) is 0 Å². The van der Waals surface area contributed by atoms with Gasteiger partial charge < -0.3 is 18.9 Å². The van der Waals surface area contributed by atoms with Crippen molar-refractivity contribution >= 4 is 0 Å². The van der Waals surface area contributed by atoms with E-state index in [4.69, 9.17) is 18.9 Å². The van der Waals surface area contributed by atoms with E-state index in [0.717, 1.165) is 45.7 Å². The van der Waals surface area contributed by atoms with Gasteiger partial charge in [0.2, 0.25) is 0 Å². The second kappa shape index (κ2) is 12.2. The summed E-state index contributed by atoms with van der Waals surface area (Å²) in [7, 11) is 0. The Bertz CT molecular complexity index is 264. The van der Waals surface area contributed by atoms with Crippen molar-refractivity contribution in [1.29, 1.82) is 0 Å². The minimum Gasteiger partial charge on any atom is -0.352 e. The van der Waals surface area contributed by atoms with Gasteiger partial charge in [0.05, 0.1) is 26.4 Å². The second-order valence-corrected chi connectivity index (χ2v) is 7.49. The highest BCUT2D eigenvalue weighted by atomic mass is 16.7. The van der Waals surface area contributed by atoms with Crippen LogP contribution in [0.3, 0.4) is 0 Å². The standard InChI is InChI=1S/C20H38O4/c1-3-5-7-9-17-13-23-20(24-14-17)12-11-18-15-21-19(22-16-18)10-8-6-4-2/h17-20H,3-16H2,1-2H3. The molecule has 2 heterocycles. The lowest BCUT2D eigenvalue weighted by molar-refractivity contribution is -0.219. The lowest BCUT2D eigenvalue weighted by atomic mass is 10.0. The van der Waals surface area contributed by atoms with Gasteiger partial charge >= 0.3 is 0 Å². The molecule has 0 bridgehead atoms. The molecule has 2 rings (SSSR count). The van der Waals surface area contributed by atoms with Crippen LogP contribution < -0.4 is 0 Å². The van der Waals surface area contributed by atoms with E-state index >= 15 is 0 Å². The van der Waals surface area contributed by atoms with Gasteiger partial charge in [0.15, 0.2) is 12.6 Å². The average Bonchev–Trinajstić information content (AvgIpc) is 2.63. The zero-order valence-corrected chi connectivity index (χ0v) is 15.8. The first-order chi connectivity index (χ1) is 11.8. The molecule has 0 N–H and O–H groups in total. The first-order valence-corrected chi connectivity index (χ1v) is 10.3. The smallest absolute Gasteiger partial charge is 0.157 e. The molecule has 0 aliphatic carbocycles. The monoisotopic (exact) mass is 342 g/mol. The lowest BCUT2D eigenvalue weighted by Gasteiger charge is -2.32. The van der Waals surface area contributed by atoms with E-state index in [-0.39, 0.29) is 12.6 Å². The summed E-state index contributed by atoms with van der Waals surface area (Å²) in [5, 5.41) is 0. The minimum atomic E-state index is -0.0188. The van der Waals surface area contributed by atoms with Gasteiger partial charge in [0, 0.05) is 11.8 Å².